The van der Waals surface area contributed by atoms with Crippen molar-refractivity contribution in [3.63, 3.8) is 0 Å². The lowest BCUT2D eigenvalue weighted by atomic mass is 10.3. The Hall–Kier alpha value is -4.81. The first kappa shape index (κ1) is 23.9. The first-order valence-corrected chi connectivity index (χ1v) is 11.8. The van der Waals surface area contributed by atoms with Gasteiger partial charge in [-0.25, -0.2) is 0 Å². The van der Waals surface area contributed by atoms with Crippen LogP contribution in [0.25, 0.3) is 0 Å². The third kappa shape index (κ3) is 6.66. The van der Waals surface area contributed by atoms with Gasteiger partial charge in [0.05, 0.1) is 0 Å². The molecule has 0 saturated carbocycles. The molecule has 5 rings (SSSR count). The van der Waals surface area contributed by atoms with Crippen LogP contribution in [0.4, 0.5) is 11.4 Å². The van der Waals surface area contributed by atoms with Crippen LogP contribution in [-0.2, 0) is 0 Å². The number of hydrogen-bond acceptors (Lipinski definition) is 6. The number of rotatable bonds is 8. The van der Waals surface area contributed by atoms with Crippen molar-refractivity contribution < 1.29 is 18.9 Å². The number of anilines is 2. The lowest BCUT2D eigenvalue weighted by Crippen LogP contribution is -1.90. The van der Waals surface area contributed by atoms with Gasteiger partial charge in [-0.1, -0.05) is 11.6 Å². The molecule has 0 saturated heterocycles. The molecule has 0 amide bonds. The van der Waals surface area contributed by atoms with E-state index in [0.717, 1.165) is 0 Å². The molecular weight excluding hydrogens is 488 g/mol. The zero-order valence-electron chi connectivity index (χ0n) is 19.6. The molecule has 184 valence electrons. The van der Waals surface area contributed by atoms with Gasteiger partial charge in [0.2, 0.25) is 0 Å². The van der Waals surface area contributed by atoms with Crippen LogP contribution in [0, 0.1) is 0 Å². The standard InChI is InChI=1S/C30H23ClN2O4/c31-20-17-29(36-27-13-9-25(10-14-27)34-23-5-1-21(32)2-6-23)19-30(18-20)37-28-15-11-26(12-16-28)35-24-7-3-22(33)4-8-24/h1-19H,32-33H2. The van der Waals surface area contributed by atoms with Crippen molar-refractivity contribution in [2.75, 3.05) is 11.5 Å². The highest BCUT2D eigenvalue weighted by molar-refractivity contribution is 6.30. The first-order valence-electron chi connectivity index (χ1n) is 11.4. The number of ether oxygens (including phenoxy) is 4. The van der Waals surface area contributed by atoms with Crippen LogP contribution in [0.3, 0.4) is 0 Å². The second kappa shape index (κ2) is 10.8. The van der Waals surface area contributed by atoms with E-state index in [1.807, 2.05) is 72.8 Å². The summed E-state index contributed by atoms with van der Waals surface area (Å²) in [6.45, 7) is 0. The van der Waals surface area contributed by atoms with Gasteiger partial charge >= 0.3 is 0 Å². The molecule has 5 aromatic rings. The molecule has 0 aromatic heterocycles. The summed E-state index contributed by atoms with van der Waals surface area (Å²) in [5, 5.41) is 0.485. The summed E-state index contributed by atoms with van der Waals surface area (Å²) in [5.41, 5.74) is 12.8. The maximum Gasteiger partial charge on any atom is 0.132 e. The Bertz CT molecular complexity index is 1360. The van der Waals surface area contributed by atoms with Crippen LogP contribution in [0.2, 0.25) is 5.02 Å². The molecule has 0 aliphatic heterocycles. The van der Waals surface area contributed by atoms with E-state index < -0.39 is 0 Å². The van der Waals surface area contributed by atoms with Gasteiger partial charge in [-0.05, 0) is 109 Å². The lowest BCUT2D eigenvalue weighted by Gasteiger charge is -2.12. The maximum absolute atomic E-state index is 6.32. The van der Waals surface area contributed by atoms with E-state index in [-0.39, 0.29) is 0 Å². The van der Waals surface area contributed by atoms with Crippen LogP contribution in [-0.4, -0.2) is 0 Å². The van der Waals surface area contributed by atoms with Crippen molar-refractivity contribution in [3.05, 3.63) is 120 Å². The van der Waals surface area contributed by atoms with Crippen molar-refractivity contribution in [3.8, 4) is 46.0 Å². The fourth-order valence-corrected chi connectivity index (χ4v) is 3.64. The molecule has 0 aliphatic carbocycles. The van der Waals surface area contributed by atoms with Gasteiger partial charge in [0.25, 0.3) is 0 Å². The quantitative estimate of drug-likeness (QED) is 0.203. The molecule has 0 spiro atoms. The molecule has 5 aromatic carbocycles. The molecule has 4 N–H and O–H groups in total. The monoisotopic (exact) mass is 510 g/mol. The van der Waals surface area contributed by atoms with Crippen LogP contribution in [0.5, 0.6) is 46.0 Å². The highest BCUT2D eigenvalue weighted by Crippen LogP contribution is 2.34. The number of nitrogen functional groups attached to an aromatic ring is 2. The van der Waals surface area contributed by atoms with Crippen LogP contribution >= 0.6 is 11.6 Å². The Morgan fingerprint density at radius 3 is 0.892 bits per heavy atom. The minimum absolute atomic E-state index is 0.485. The molecule has 0 unspecified atom stereocenters. The number of benzene rings is 5. The second-order valence-electron chi connectivity index (χ2n) is 8.11. The van der Waals surface area contributed by atoms with E-state index in [0.29, 0.717) is 62.4 Å². The predicted molar refractivity (Wildman–Crippen MR) is 146 cm³/mol. The third-order valence-corrected chi connectivity index (χ3v) is 5.41. The van der Waals surface area contributed by atoms with E-state index >= 15 is 0 Å². The van der Waals surface area contributed by atoms with Gasteiger partial charge in [0.1, 0.15) is 46.0 Å². The van der Waals surface area contributed by atoms with Crippen LogP contribution in [0.1, 0.15) is 0 Å². The SMILES string of the molecule is Nc1ccc(Oc2ccc(Oc3cc(Cl)cc(Oc4ccc(Oc5ccc(N)cc5)cc4)c3)cc2)cc1. The van der Waals surface area contributed by atoms with E-state index in [9.17, 15) is 0 Å². The van der Waals surface area contributed by atoms with E-state index in [1.165, 1.54) is 0 Å². The van der Waals surface area contributed by atoms with Crippen molar-refractivity contribution >= 4 is 23.0 Å². The summed E-state index contributed by atoms with van der Waals surface area (Å²) in [6.07, 6.45) is 0. The van der Waals surface area contributed by atoms with Crippen molar-refractivity contribution in [1.29, 1.82) is 0 Å². The van der Waals surface area contributed by atoms with E-state index in [1.54, 1.807) is 42.5 Å². The zero-order valence-corrected chi connectivity index (χ0v) is 20.4. The Morgan fingerprint density at radius 2 is 0.595 bits per heavy atom. The van der Waals surface area contributed by atoms with Crippen molar-refractivity contribution in [2.24, 2.45) is 0 Å². The topological polar surface area (TPSA) is 89.0 Å². The van der Waals surface area contributed by atoms with E-state index in [4.69, 9.17) is 42.0 Å². The van der Waals surface area contributed by atoms with Gasteiger partial charge < -0.3 is 30.4 Å². The Kier molecular flexibility index (Phi) is 7.01. The number of hydrogen-bond donors (Lipinski definition) is 2. The molecule has 0 radical (unpaired) electrons. The summed E-state index contributed by atoms with van der Waals surface area (Å²) < 4.78 is 23.6. The third-order valence-electron chi connectivity index (χ3n) is 5.20. The fraction of sp³-hybridized carbons (Fsp3) is 0. The van der Waals surface area contributed by atoms with Crippen molar-refractivity contribution in [1.82, 2.24) is 0 Å². The van der Waals surface area contributed by atoms with Gasteiger partial charge in [0.15, 0.2) is 0 Å². The summed E-state index contributed by atoms with van der Waals surface area (Å²) in [7, 11) is 0. The van der Waals surface area contributed by atoms with Crippen LogP contribution in [0.15, 0.2) is 115 Å². The smallest absolute Gasteiger partial charge is 0.132 e. The fourth-order valence-electron chi connectivity index (χ4n) is 3.42. The minimum Gasteiger partial charge on any atom is -0.457 e. The summed E-state index contributed by atoms with van der Waals surface area (Å²) in [4.78, 5) is 0. The summed E-state index contributed by atoms with van der Waals surface area (Å²) >= 11 is 6.32. The minimum atomic E-state index is 0.485. The van der Waals surface area contributed by atoms with Gasteiger partial charge in [0, 0.05) is 22.5 Å². The predicted octanol–water partition coefficient (Wildman–Crippen LogP) is 8.67. The summed E-state index contributed by atoms with van der Waals surface area (Å²) in [6, 6.07) is 34.1. The number of halogens is 1. The van der Waals surface area contributed by atoms with Gasteiger partial charge in [-0.15, -0.1) is 0 Å². The lowest BCUT2D eigenvalue weighted by molar-refractivity contribution is 0.454. The Balaban J connectivity index is 1.22. The molecule has 0 aliphatic rings. The maximum atomic E-state index is 6.32. The zero-order chi connectivity index (χ0) is 25.6. The molecule has 6 nitrogen and oxygen atoms in total. The Labute approximate surface area is 219 Å². The average Bonchev–Trinajstić information content (AvgIpc) is 2.89. The van der Waals surface area contributed by atoms with Gasteiger partial charge in [-0.3, -0.25) is 0 Å². The normalized spacial score (nSPS) is 10.5. The van der Waals surface area contributed by atoms with E-state index in [2.05, 4.69) is 0 Å². The van der Waals surface area contributed by atoms with Crippen molar-refractivity contribution in [2.45, 2.75) is 0 Å². The molecule has 7 heteroatoms. The molecule has 0 bridgehead atoms. The highest BCUT2D eigenvalue weighted by atomic mass is 35.5. The number of nitrogens with two attached hydrogens (primary N) is 2. The molecule has 0 heterocycles. The Morgan fingerprint density at radius 1 is 0.351 bits per heavy atom. The molecular formula is C30H23ClN2O4. The first-order chi connectivity index (χ1) is 18.0. The molecule has 37 heavy (non-hydrogen) atoms. The van der Waals surface area contributed by atoms with Gasteiger partial charge in [-0.2, -0.15) is 0 Å². The highest BCUT2D eigenvalue weighted by Gasteiger charge is 2.07. The largest absolute Gasteiger partial charge is 0.457 e. The second-order valence-corrected chi connectivity index (χ2v) is 8.55. The van der Waals surface area contributed by atoms with Crippen LogP contribution < -0.4 is 30.4 Å². The molecule has 0 fully saturated rings. The molecule has 0 atom stereocenters. The average molecular weight is 511 g/mol. The summed E-state index contributed by atoms with van der Waals surface area (Å²) in [5.74, 6) is 5.08.